The average molecular weight is 181 g/mol. The minimum Gasteiger partial charge on any atom is -0.372 e. The second-order valence-corrected chi connectivity index (χ2v) is 5.07. The van der Waals surface area contributed by atoms with E-state index in [1.807, 2.05) is 0 Å². The Kier molecular flexibility index (Phi) is 2.06. The van der Waals surface area contributed by atoms with Gasteiger partial charge in [-0.05, 0) is 31.1 Å². The molecule has 3 fully saturated rings. The van der Waals surface area contributed by atoms with Gasteiger partial charge in [-0.1, -0.05) is 6.42 Å². The summed E-state index contributed by atoms with van der Waals surface area (Å²) in [6.07, 6.45) is 6.57. The Labute approximate surface area is 80.2 Å². The minimum atomic E-state index is 0.596. The lowest BCUT2D eigenvalue weighted by Crippen LogP contribution is -2.44. The van der Waals surface area contributed by atoms with Gasteiger partial charge in [0.05, 0.1) is 12.7 Å². The number of nitrogens with zero attached hydrogens (tertiary/aromatic N) is 1. The fourth-order valence-corrected chi connectivity index (χ4v) is 3.15. The molecule has 1 aliphatic carbocycles. The molecular formula is C11H19NO. The number of rotatable bonds is 2. The largest absolute Gasteiger partial charge is 0.372 e. The van der Waals surface area contributed by atoms with Crippen LogP contribution in [0.15, 0.2) is 0 Å². The van der Waals surface area contributed by atoms with Gasteiger partial charge >= 0.3 is 0 Å². The number of likely N-dealkylation sites (tertiary alicyclic amines) is 1. The molecule has 3 unspecified atom stereocenters. The average Bonchev–Trinajstić information content (AvgIpc) is 2.87. The zero-order valence-electron chi connectivity index (χ0n) is 8.24. The second kappa shape index (κ2) is 3.25. The van der Waals surface area contributed by atoms with Gasteiger partial charge in [0.1, 0.15) is 0 Å². The monoisotopic (exact) mass is 181 g/mol. The van der Waals surface area contributed by atoms with E-state index in [0.717, 1.165) is 18.4 Å². The van der Waals surface area contributed by atoms with E-state index < -0.39 is 0 Å². The maximum Gasteiger partial charge on any atom is 0.0936 e. The number of piperidine rings is 1. The Morgan fingerprint density at radius 1 is 1.15 bits per heavy atom. The van der Waals surface area contributed by atoms with E-state index in [2.05, 4.69) is 4.90 Å². The van der Waals surface area contributed by atoms with Crippen LogP contribution in [0.2, 0.25) is 0 Å². The summed E-state index contributed by atoms with van der Waals surface area (Å²) in [7, 11) is 0. The first-order valence-electron chi connectivity index (χ1n) is 5.74. The fourth-order valence-electron chi connectivity index (χ4n) is 3.15. The van der Waals surface area contributed by atoms with Crippen LogP contribution >= 0.6 is 0 Å². The molecule has 0 amide bonds. The zero-order valence-corrected chi connectivity index (χ0v) is 8.24. The highest BCUT2D eigenvalue weighted by Gasteiger charge is 2.33. The van der Waals surface area contributed by atoms with Crippen molar-refractivity contribution in [2.45, 2.75) is 31.8 Å². The number of fused-ring (bicyclic) bond motifs is 2. The highest BCUT2D eigenvalue weighted by Crippen LogP contribution is 2.34. The maximum absolute atomic E-state index is 5.29. The van der Waals surface area contributed by atoms with Gasteiger partial charge in [0.2, 0.25) is 0 Å². The Morgan fingerprint density at radius 3 is 2.46 bits per heavy atom. The third kappa shape index (κ3) is 1.89. The van der Waals surface area contributed by atoms with Gasteiger partial charge in [0.25, 0.3) is 0 Å². The van der Waals surface area contributed by atoms with Crippen LogP contribution in [-0.2, 0) is 4.74 Å². The molecule has 1 saturated carbocycles. The lowest BCUT2D eigenvalue weighted by molar-refractivity contribution is 0.0806. The Morgan fingerprint density at radius 2 is 1.85 bits per heavy atom. The predicted molar refractivity (Wildman–Crippen MR) is 51.6 cm³/mol. The Bertz CT molecular complexity index is 179. The van der Waals surface area contributed by atoms with E-state index in [1.165, 1.54) is 45.3 Å². The van der Waals surface area contributed by atoms with Crippen molar-refractivity contribution in [2.75, 3.05) is 26.2 Å². The molecule has 0 N–H and O–H groups in total. The van der Waals surface area contributed by atoms with Crippen molar-refractivity contribution in [3.63, 3.8) is 0 Å². The predicted octanol–water partition coefficient (Wildman–Crippen LogP) is 1.51. The van der Waals surface area contributed by atoms with E-state index in [4.69, 9.17) is 4.74 Å². The number of hydrogen-bond donors (Lipinski definition) is 0. The van der Waals surface area contributed by atoms with Crippen LogP contribution in [0, 0.1) is 11.8 Å². The topological polar surface area (TPSA) is 15.8 Å². The number of hydrogen-bond acceptors (Lipinski definition) is 2. The van der Waals surface area contributed by atoms with Gasteiger partial charge in [0, 0.05) is 19.6 Å². The van der Waals surface area contributed by atoms with Crippen molar-refractivity contribution >= 4 is 0 Å². The lowest BCUT2D eigenvalue weighted by Gasteiger charge is -2.41. The summed E-state index contributed by atoms with van der Waals surface area (Å²) in [6.45, 7) is 4.95. The molecule has 2 saturated heterocycles. The van der Waals surface area contributed by atoms with Crippen LogP contribution in [0.5, 0.6) is 0 Å². The lowest BCUT2D eigenvalue weighted by atomic mass is 9.78. The SMILES string of the molecule is C1CC2CC(C1)CN(CC1CO1)C2. The molecule has 74 valence electrons. The molecule has 2 aliphatic heterocycles. The minimum absolute atomic E-state index is 0.596. The van der Waals surface area contributed by atoms with Crippen molar-refractivity contribution in [3.8, 4) is 0 Å². The molecule has 2 heterocycles. The van der Waals surface area contributed by atoms with E-state index in [-0.39, 0.29) is 0 Å². The first-order chi connectivity index (χ1) is 6.40. The van der Waals surface area contributed by atoms with Crippen LogP contribution in [0.1, 0.15) is 25.7 Å². The normalized spacial score (nSPS) is 44.8. The summed E-state index contributed by atoms with van der Waals surface area (Å²) in [5.74, 6) is 2.04. The number of ether oxygens (including phenoxy) is 1. The highest BCUT2D eigenvalue weighted by atomic mass is 16.6. The first kappa shape index (κ1) is 8.25. The van der Waals surface area contributed by atoms with Crippen LogP contribution in [0.3, 0.4) is 0 Å². The third-order valence-electron chi connectivity index (χ3n) is 3.79. The molecule has 3 aliphatic rings. The molecular weight excluding hydrogens is 162 g/mol. The molecule has 0 aromatic heterocycles. The van der Waals surface area contributed by atoms with E-state index in [9.17, 15) is 0 Å². The van der Waals surface area contributed by atoms with Gasteiger partial charge in [-0.15, -0.1) is 0 Å². The molecule has 0 radical (unpaired) electrons. The summed E-state index contributed by atoms with van der Waals surface area (Å²) in [5.41, 5.74) is 0. The van der Waals surface area contributed by atoms with Gasteiger partial charge in [-0.3, -0.25) is 0 Å². The summed E-state index contributed by atoms with van der Waals surface area (Å²) in [4.78, 5) is 2.65. The van der Waals surface area contributed by atoms with Crippen molar-refractivity contribution in [1.82, 2.24) is 4.90 Å². The molecule has 13 heavy (non-hydrogen) atoms. The number of epoxide rings is 1. The van der Waals surface area contributed by atoms with Crippen molar-refractivity contribution in [2.24, 2.45) is 11.8 Å². The van der Waals surface area contributed by atoms with Gasteiger partial charge in [-0.2, -0.15) is 0 Å². The zero-order chi connectivity index (χ0) is 8.67. The van der Waals surface area contributed by atoms with Gasteiger partial charge < -0.3 is 9.64 Å². The maximum atomic E-state index is 5.29. The molecule has 3 rings (SSSR count). The van der Waals surface area contributed by atoms with Gasteiger partial charge in [0.15, 0.2) is 0 Å². The fraction of sp³-hybridized carbons (Fsp3) is 1.00. The molecule has 2 nitrogen and oxygen atoms in total. The smallest absolute Gasteiger partial charge is 0.0936 e. The second-order valence-electron chi connectivity index (χ2n) is 5.07. The highest BCUT2D eigenvalue weighted by molar-refractivity contribution is 4.86. The molecule has 0 aromatic rings. The molecule has 2 heteroatoms. The van der Waals surface area contributed by atoms with Gasteiger partial charge in [-0.25, -0.2) is 0 Å². The van der Waals surface area contributed by atoms with E-state index in [0.29, 0.717) is 6.10 Å². The van der Waals surface area contributed by atoms with Crippen molar-refractivity contribution in [3.05, 3.63) is 0 Å². The summed E-state index contributed by atoms with van der Waals surface area (Å²) >= 11 is 0. The van der Waals surface area contributed by atoms with Crippen LogP contribution < -0.4 is 0 Å². The Balaban J connectivity index is 1.57. The van der Waals surface area contributed by atoms with Crippen LogP contribution in [0.25, 0.3) is 0 Å². The molecule has 0 aromatic carbocycles. The summed E-state index contributed by atoms with van der Waals surface area (Å²) < 4.78 is 5.29. The summed E-state index contributed by atoms with van der Waals surface area (Å²) in [6, 6.07) is 0. The van der Waals surface area contributed by atoms with Crippen molar-refractivity contribution in [1.29, 1.82) is 0 Å². The summed E-state index contributed by atoms with van der Waals surface area (Å²) in [5, 5.41) is 0. The standard InChI is InChI=1S/C11H19NO/c1-2-9-4-10(3-1)6-12(5-9)7-11-8-13-11/h9-11H,1-8H2. The van der Waals surface area contributed by atoms with Crippen LogP contribution in [0.4, 0.5) is 0 Å². The van der Waals surface area contributed by atoms with Crippen molar-refractivity contribution < 1.29 is 4.74 Å². The molecule has 2 bridgehead atoms. The van der Waals surface area contributed by atoms with E-state index in [1.54, 1.807) is 0 Å². The Hall–Kier alpha value is -0.0800. The molecule has 3 atom stereocenters. The third-order valence-corrected chi connectivity index (χ3v) is 3.79. The van der Waals surface area contributed by atoms with Crippen LogP contribution in [-0.4, -0.2) is 37.2 Å². The molecule has 0 spiro atoms. The quantitative estimate of drug-likeness (QED) is 0.600. The first-order valence-corrected chi connectivity index (χ1v) is 5.74. The van der Waals surface area contributed by atoms with E-state index >= 15 is 0 Å².